The highest BCUT2D eigenvalue weighted by Gasteiger charge is 2.18. The zero-order valence-corrected chi connectivity index (χ0v) is 12.4. The van der Waals surface area contributed by atoms with E-state index in [-0.39, 0.29) is 16.9 Å². The third-order valence-electron chi connectivity index (χ3n) is 3.37. The van der Waals surface area contributed by atoms with Crippen LogP contribution in [0.4, 0.5) is 10.1 Å². The summed E-state index contributed by atoms with van der Waals surface area (Å²) in [6.07, 6.45) is 1.86. The van der Waals surface area contributed by atoms with Crippen molar-refractivity contribution < 1.29 is 14.0 Å². The normalized spacial score (nSPS) is 11.2. The summed E-state index contributed by atoms with van der Waals surface area (Å²) in [4.78, 5) is 22.9. The maximum atomic E-state index is 13.3. The summed E-state index contributed by atoms with van der Waals surface area (Å²) in [7, 11) is 0. The van der Waals surface area contributed by atoms with Crippen molar-refractivity contribution in [2.45, 2.75) is 33.1 Å². The Labute approximate surface area is 123 Å². The summed E-state index contributed by atoms with van der Waals surface area (Å²) in [5, 5.41) is 2.63. The first-order valence-electron chi connectivity index (χ1n) is 6.84. The van der Waals surface area contributed by atoms with Gasteiger partial charge < -0.3 is 16.8 Å². The quantitative estimate of drug-likeness (QED) is 0.717. The minimum Gasteiger partial charge on any atom is -0.366 e. The van der Waals surface area contributed by atoms with Crippen molar-refractivity contribution in [1.29, 1.82) is 0 Å². The van der Waals surface area contributed by atoms with Crippen LogP contribution in [0.1, 0.15) is 43.5 Å². The molecule has 0 spiro atoms. The van der Waals surface area contributed by atoms with Crippen molar-refractivity contribution >= 4 is 17.5 Å². The fourth-order valence-corrected chi connectivity index (χ4v) is 1.98. The van der Waals surface area contributed by atoms with Gasteiger partial charge in [0.15, 0.2) is 0 Å². The van der Waals surface area contributed by atoms with Crippen LogP contribution in [0, 0.1) is 11.2 Å². The first-order valence-corrected chi connectivity index (χ1v) is 6.84. The molecule has 0 fully saturated rings. The molecule has 1 aromatic carbocycles. The zero-order valence-electron chi connectivity index (χ0n) is 12.4. The second kappa shape index (κ2) is 7.17. The third kappa shape index (κ3) is 5.51. The smallest absolute Gasteiger partial charge is 0.251 e. The van der Waals surface area contributed by atoms with Crippen LogP contribution in [0.25, 0.3) is 0 Å². The molecule has 1 aromatic rings. The van der Waals surface area contributed by atoms with E-state index in [1.54, 1.807) is 0 Å². The van der Waals surface area contributed by atoms with Crippen molar-refractivity contribution in [1.82, 2.24) is 0 Å². The Morgan fingerprint density at radius 3 is 2.52 bits per heavy atom. The minimum atomic E-state index is -0.868. The minimum absolute atomic E-state index is 0.00668. The van der Waals surface area contributed by atoms with E-state index < -0.39 is 11.7 Å². The number of anilines is 1. The lowest BCUT2D eigenvalue weighted by atomic mass is 9.84. The predicted molar refractivity (Wildman–Crippen MR) is 80.2 cm³/mol. The van der Waals surface area contributed by atoms with E-state index in [0.717, 1.165) is 12.5 Å². The summed E-state index contributed by atoms with van der Waals surface area (Å²) in [6.45, 7) is 4.68. The van der Waals surface area contributed by atoms with Gasteiger partial charge in [0.25, 0.3) is 5.91 Å². The molecule has 0 aliphatic rings. The molecule has 2 amide bonds. The molecule has 0 aliphatic carbocycles. The van der Waals surface area contributed by atoms with Gasteiger partial charge in [-0.25, -0.2) is 4.39 Å². The standard InChI is InChI=1S/C15H22FN3O2/c1-15(2,7-8-17)6-5-13(20)19-10-3-4-12(16)11(9-10)14(18)21/h3-4,9H,5-8,17H2,1-2H3,(H2,18,21)(H,19,20). The molecule has 5 N–H and O–H groups in total. The molecular weight excluding hydrogens is 273 g/mol. The topological polar surface area (TPSA) is 98.2 Å². The first-order chi connectivity index (χ1) is 9.75. The van der Waals surface area contributed by atoms with E-state index in [4.69, 9.17) is 11.5 Å². The number of nitrogens with one attached hydrogen (secondary N) is 1. The second-order valence-corrected chi connectivity index (χ2v) is 5.81. The number of benzene rings is 1. The Bertz CT molecular complexity index is 530. The fourth-order valence-electron chi connectivity index (χ4n) is 1.98. The number of primary amides is 1. The SMILES string of the molecule is CC(C)(CCN)CCC(=O)Nc1ccc(F)c(C(N)=O)c1. The van der Waals surface area contributed by atoms with Crippen LogP contribution in [-0.2, 0) is 4.79 Å². The molecule has 21 heavy (non-hydrogen) atoms. The summed E-state index contributed by atoms with van der Waals surface area (Å²) in [5.74, 6) is -1.76. The number of hydrogen-bond acceptors (Lipinski definition) is 3. The maximum absolute atomic E-state index is 13.3. The van der Waals surface area contributed by atoms with Gasteiger partial charge in [-0.2, -0.15) is 0 Å². The van der Waals surface area contributed by atoms with E-state index in [0.29, 0.717) is 25.1 Å². The fraction of sp³-hybridized carbons (Fsp3) is 0.467. The highest BCUT2D eigenvalue weighted by atomic mass is 19.1. The highest BCUT2D eigenvalue weighted by molar-refractivity contribution is 5.96. The molecule has 0 saturated carbocycles. The molecule has 1 rings (SSSR count). The van der Waals surface area contributed by atoms with Crippen LogP contribution in [0.15, 0.2) is 18.2 Å². The van der Waals surface area contributed by atoms with E-state index in [1.807, 2.05) is 0 Å². The molecular formula is C15H22FN3O2. The van der Waals surface area contributed by atoms with E-state index >= 15 is 0 Å². The molecule has 5 nitrogen and oxygen atoms in total. The van der Waals surface area contributed by atoms with E-state index in [2.05, 4.69) is 19.2 Å². The number of carbonyl (C=O) groups excluding carboxylic acids is 2. The zero-order chi connectivity index (χ0) is 16.0. The lowest BCUT2D eigenvalue weighted by Gasteiger charge is -2.23. The number of amides is 2. The van der Waals surface area contributed by atoms with E-state index in [9.17, 15) is 14.0 Å². The van der Waals surface area contributed by atoms with Crippen LogP contribution < -0.4 is 16.8 Å². The number of halogens is 1. The first kappa shape index (κ1) is 17.1. The number of hydrogen-bond donors (Lipinski definition) is 3. The largest absolute Gasteiger partial charge is 0.366 e. The van der Waals surface area contributed by atoms with E-state index in [1.165, 1.54) is 12.1 Å². The Kier molecular flexibility index (Phi) is 5.84. The van der Waals surface area contributed by atoms with Gasteiger partial charge in [0.05, 0.1) is 5.56 Å². The highest BCUT2D eigenvalue weighted by Crippen LogP contribution is 2.26. The van der Waals surface area contributed by atoms with Crippen LogP contribution in [0.3, 0.4) is 0 Å². The molecule has 0 saturated heterocycles. The summed E-state index contributed by atoms with van der Waals surface area (Å²) >= 11 is 0. The Morgan fingerprint density at radius 2 is 1.95 bits per heavy atom. The Balaban J connectivity index is 2.63. The molecule has 0 unspecified atom stereocenters. The van der Waals surface area contributed by atoms with Crippen LogP contribution in [0.2, 0.25) is 0 Å². The van der Waals surface area contributed by atoms with Crippen molar-refractivity contribution in [3.05, 3.63) is 29.6 Å². The van der Waals surface area contributed by atoms with Crippen LogP contribution >= 0.6 is 0 Å². The van der Waals surface area contributed by atoms with Gasteiger partial charge in [-0.15, -0.1) is 0 Å². The molecule has 0 aromatic heterocycles. The van der Waals surface area contributed by atoms with Gasteiger partial charge in [-0.05, 0) is 43.0 Å². The molecule has 116 valence electrons. The van der Waals surface area contributed by atoms with Crippen molar-refractivity contribution in [2.75, 3.05) is 11.9 Å². The third-order valence-corrected chi connectivity index (χ3v) is 3.37. The molecule has 0 bridgehead atoms. The molecule has 0 atom stereocenters. The number of rotatable bonds is 7. The average molecular weight is 295 g/mol. The lowest BCUT2D eigenvalue weighted by molar-refractivity contribution is -0.116. The predicted octanol–water partition coefficient (Wildman–Crippen LogP) is 2.02. The van der Waals surface area contributed by atoms with Gasteiger partial charge >= 0.3 is 0 Å². The molecule has 0 heterocycles. The molecule has 6 heteroatoms. The summed E-state index contributed by atoms with van der Waals surface area (Å²) in [5.41, 5.74) is 10.7. The molecule has 0 aliphatic heterocycles. The number of carbonyl (C=O) groups is 2. The summed E-state index contributed by atoms with van der Waals surface area (Å²) < 4.78 is 13.3. The van der Waals surface area contributed by atoms with Crippen LogP contribution in [-0.4, -0.2) is 18.4 Å². The van der Waals surface area contributed by atoms with Gasteiger partial charge in [-0.3, -0.25) is 9.59 Å². The van der Waals surface area contributed by atoms with Crippen molar-refractivity contribution in [2.24, 2.45) is 16.9 Å². The monoisotopic (exact) mass is 295 g/mol. The number of nitrogens with two attached hydrogens (primary N) is 2. The van der Waals surface area contributed by atoms with Crippen molar-refractivity contribution in [3.8, 4) is 0 Å². The van der Waals surface area contributed by atoms with Gasteiger partial charge in [0.2, 0.25) is 5.91 Å². The van der Waals surface area contributed by atoms with Crippen LogP contribution in [0.5, 0.6) is 0 Å². The summed E-state index contributed by atoms with van der Waals surface area (Å²) in [6, 6.07) is 3.74. The maximum Gasteiger partial charge on any atom is 0.251 e. The lowest BCUT2D eigenvalue weighted by Crippen LogP contribution is -2.21. The van der Waals surface area contributed by atoms with Gasteiger partial charge in [-0.1, -0.05) is 13.8 Å². The van der Waals surface area contributed by atoms with Crippen molar-refractivity contribution in [3.63, 3.8) is 0 Å². The second-order valence-electron chi connectivity index (χ2n) is 5.81. The Hall–Kier alpha value is -1.95. The van der Waals surface area contributed by atoms with Gasteiger partial charge in [0, 0.05) is 12.1 Å². The molecule has 0 radical (unpaired) electrons. The average Bonchev–Trinajstić information content (AvgIpc) is 2.38. The van der Waals surface area contributed by atoms with Gasteiger partial charge in [0.1, 0.15) is 5.82 Å². The Morgan fingerprint density at radius 1 is 1.29 bits per heavy atom.